The molecule has 0 aliphatic rings. The van der Waals surface area contributed by atoms with Crippen LogP contribution in [0.2, 0.25) is 0 Å². The number of benzene rings is 2. The summed E-state index contributed by atoms with van der Waals surface area (Å²) in [7, 11) is 0. The third-order valence-corrected chi connectivity index (χ3v) is 4.02. The number of aryl methyl sites for hydroxylation is 1. The van der Waals surface area contributed by atoms with Crippen LogP contribution in [-0.2, 0) is 11.2 Å². The molecule has 0 spiro atoms. The van der Waals surface area contributed by atoms with Gasteiger partial charge in [-0.2, -0.15) is 12.6 Å². The monoisotopic (exact) mass is 288 g/mol. The average molecular weight is 288 g/mol. The van der Waals surface area contributed by atoms with Crippen molar-refractivity contribution in [1.29, 1.82) is 0 Å². The number of unbranched alkanes of at least 4 members (excludes halogenated alkanes) is 2. The van der Waals surface area contributed by atoms with E-state index in [0.29, 0.717) is 6.42 Å². The Balaban J connectivity index is 1.77. The van der Waals surface area contributed by atoms with E-state index in [1.54, 1.807) is 0 Å². The second-order valence-electron chi connectivity index (χ2n) is 5.13. The fourth-order valence-electron chi connectivity index (χ4n) is 2.36. The van der Waals surface area contributed by atoms with Crippen LogP contribution in [0.4, 0.5) is 0 Å². The van der Waals surface area contributed by atoms with Gasteiger partial charge in [0.05, 0.1) is 5.25 Å². The molecule has 0 bridgehead atoms. The van der Waals surface area contributed by atoms with Crippen LogP contribution in [0.3, 0.4) is 0 Å². The lowest BCUT2D eigenvalue weighted by Crippen LogP contribution is -2.12. The normalized spacial score (nSPS) is 12.4. The summed E-state index contributed by atoms with van der Waals surface area (Å²) >= 11 is 4.04. The van der Waals surface area contributed by atoms with Gasteiger partial charge in [0.1, 0.15) is 0 Å². The van der Waals surface area contributed by atoms with Crippen molar-refractivity contribution >= 4 is 29.4 Å². The molecule has 1 atom stereocenters. The number of rotatable bonds is 7. The van der Waals surface area contributed by atoms with Crippen molar-refractivity contribution in [3.05, 3.63) is 48.0 Å². The maximum Gasteiger partial charge on any atom is 0.316 e. The standard InChI is InChI=1S/C17H20O2S/c18-17(19)16(20)9-3-1-2-6-13-10-11-14-7-4-5-8-15(14)12-13/h4-5,7-8,10-12,16,20H,1-3,6,9H2,(H,18,19). The van der Waals surface area contributed by atoms with Crippen molar-refractivity contribution in [3.63, 3.8) is 0 Å². The van der Waals surface area contributed by atoms with E-state index in [9.17, 15) is 4.79 Å². The molecule has 0 aromatic heterocycles. The topological polar surface area (TPSA) is 37.3 Å². The Hall–Kier alpha value is -1.48. The van der Waals surface area contributed by atoms with E-state index in [-0.39, 0.29) is 0 Å². The van der Waals surface area contributed by atoms with Gasteiger partial charge in [-0.25, -0.2) is 0 Å². The van der Waals surface area contributed by atoms with E-state index >= 15 is 0 Å². The molecule has 0 saturated carbocycles. The van der Waals surface area contributed by atoms with Gasteiger partial charge in [0, 0.05) is 0 Å². The van der Waals surface area contributed by atoms with Crippen LogP contribution >= 0.6 is 12.6 Å². The minimum atomic E-state index is -0.817. The minimum Gasteiger partial charge on any atom is -0.480 e. The molecule has 2 rings (SSSR count). The molecule has 0 saturated heterocycles. The molecule has 2 nitrogen and oxygen atoms in total. The molecule has 0 fully saturated rings. The molecule has 20 heavy (non-hydrogen) atoms. The lowest BCUT2D eigenvalue weighted by atomic mass is 10.0. The van der Waals surface area contributed by atoms with E-state index in [1.165, 1.54) is 16.3 Å². The molecule has 0 radical (unpaired) electrons. The molecule has 106 valence electrons. The van der Waals surface area contributed by atoms with Crippen LogP contribution in [0, 0.1) is 0 Å². The van der Waals surface area contributed by atoms with E-state index < -0.39 is 11.2 Å². The molecule has 0 amide bonds. The predicted octanol–water partition coefficient (Wildman–Crippen LogP) is 4.33. The summed E-state index contributed by atoms with van der Waals surface area (Å²) in [5, 5.41) is 10.8. The van der Waals surface area contributed by atoms with E-state index in [4.69, 9.17) is 5.11 Å². The summed E-state index contributed by atoms with van der Waals surface area (Å²) in [6, 6.07) is 15.0. The second kappa shape index (κ2) is 7.34. The summed E-state index contributed by atoms with van der Waals surface area (Å²) in [4.78, 5) is 10.6. The fourth-order valence-corrected chi connectivity index (χ4v) is 2.54. The van der Waals surface area contributed by atoms with Gasteiger partial charge in [-0.15, -0.1) is 0 Å². The highest BCUT2D eigenvalue weighted by Gasteiger charge is 2.10. The second-order valence-corrected chi connectivity index (χ2v) is 5.76. The Kier molecular flexibility index (Phi) is 5.48. The van der Waals surface area contributed by atoms with E-state index in [0.717, 1.165) is 25.7 Å². The summed E-state index contributed by atoms with van der Waals surface area (Å²) in [5.74, 6) is -0.817. The summed E-state index contributed by atoms with van der Waals surface area (Å²) in [5.41, 5.74) is 1.35. The number of hydrogen-bond donors (Lipinski definition) is 2. The van der Waals surface area contributed by atoms with Crippen LogP contribution in [0.15, 0.2) is 42.5 Å². The predicted molar refractivity (Wildman–Crippen MR) is 86.5 cm³/mol. The van der Waals surface area contributed by atoms with Crippen molar-refractivity contribution < 1.29 is 9.90 Å². The number of thiol groups is 1. The number of carboxylic acids is 1. The first-order valence-corrected chi connectivity index (χ1v) is 7.57. The van der Waals surface area contributed by atoms with Gasteiger partial charge in [-0.1, -0.05) is 55.3 Å². The molecule has 1 unspecified atom stereocenters. The molecular formula is C17H20O2S. The highest BCUT2D eigenvalue weighted by molar-refractivity contribution is 7.81. The Bertz CT molecular complexity index is 580. The maximum absolute atomic E-state index is 10.6. The molecule has 2 aromatic rings. The third-order valence-electron chi connectivity index (χ3n) is 3.54. The Morgan fingerprint density at radius 2 is 1.80 bits per heavy atom. The fraction of sp³-hybridized carbons (Fsp3) is 0.353. The van der Waals surface area contributed by atoms with Gasteiger partial charge in [0.15, 0.2) is 0 Å². The quantitative estimate of drug-likeness (QED) is 0.588. The van der Waals surface area contributed by atoms with E-state index in [2.05, 4.69) is 55.1 Å². The molecule has 0 aliphatic carbocycles. The number of fused-ring (bicyclic) bond motifs is 1. The number of carbonyl (C=O) groups is 1. The van der Waals surface area contributed by atoms with Crippen LogP contribution in [0.25, 0.3) is 10.8 Å². The maximum atomic E-state index is 10.6. The molecule has 3 heteroatoms. The Morgan fingerprint density at radius 1 is 1.05 bits per heavy atom. The summed E-state index contributed by atoms with van der Waals surface area (Å²) < 4.78 is 0. The lowest BCUT2D eigenvalue weighted by molar-refractivity contribution is -0.136. The third kappa shape index (κ3) is 4.27. The largest absolute Gasteiger partial charge is 0.480 e. The first-order chi connectivity index (χ1) is 9.66. The SMILES string of the molecule is O=C(O)C(S)CCCCCc1ccc2ccccc2c1. The lowest BCUT2D eigenvalue weighted by Gasteiger charge is -2.06. The van der Waals surface area contributed by atoms with Gasteiger partial charge in [-0.3, -0.25) is 4.79 Å². The van der Waals surface area contributed by atoms with E-state index in [1.807, 2.05) is 0 Å². The number of carboxylic acid groups (broad SMARTS) is 1. The van der Waals surface area contributed by atoms with Crippen LogP contribution < -0.4 is 0 Å². The Morgan fingerprint density at radius 3 is 2.55 bits per heavy atom. The van der Waals surface area contributed by atoms with Crippen LogP contribution in [0.5, 0.6) is 0 Å². The highest BCUT2D eigenvalue weighted by Crippen LogP contribution is 2.18. The van der Waals surface area contributed by atoms with Crippen molar-refractivity contribution in [2.24, 2.45) is 0 Å². The van der Waals surface area contributed by atoms with Gasteiger partial charge in [-0.05, 0) is 35.6 Å². The van der Waals surface area contributed by atoms with Gasteiger partial charge in [0.2, 0.25) is 0 Å². The van der Waals surface area contributed by atoms with Gasteiger partial charge >= 0.3 is 5.97 Å². The number of hydrogen-bond acceptors (Lipinski definition) is 2. The van der Waals surface area contributed by atoms with Crippen molar-refractivity contribution in [2.75, 3.05) is 0 Å². The zero-order valence-corrected chi connectivity index (χ0v) is 12.4. The highest BCUT2D eigenvalue weighted by atomic mass is 32.1. The molecule has 2 aromatic carbocycles. The molecule has 0 aliphatic heterocycles. The minimum absolute atomic E-state index is 0.518. The van der Waals surface area contributed by atoms with Crippen LogP contribution in [0.1, 0.15) is 31.2 Å². The Labute approximate surface area is 125 Å². The van der Waals surface area contributed by atoms with Crippen molar-refractivity contribution in [1.82, 2.24) is 0 Å². The number of aliphatic carboxylic acids is 1. The van der Waals surface area contributed by atoms with Gasteiger partial charge < -0.3 is 5.11 Å². The first kappa shape index (κ1) is 14.9. The van der Waals surface area contributed by atoms with Crippen molar-refractivity contribution in [2.45, 2.75) is 37.4 Å². The first-order valence-electron chi connectivity index (χ1n) is 7.05. The van der Waals surface area contributed by atoms with Gasteiger partial charge in [0.25, 0.3) is 0 Å². The zero-order chi connectivity index (χ0) is 14.4. The van der Waals surface area contributed by atoms with Crippen molar-refractivity contribution in [3.8, 4) is 0 Å². The summed E-state index contributed by atoms with van der Waals surface area (Å²) in [6.45, 7) is 0. The average Bonchev–Trinajstić information content (AvgIpc) is 2.46. The molecule has 0 heterocycles. The smallest absolute Gasteiger partial charge is 0.316 e. The molecular weight excluding hydrogens is 268 g/mol. The summed E-state index contributed by atoms with van der Waals surface area (Å²) in [6.07, 6.45) is 4.77. The molecule has 1 N–H and O–H groups in total. The van der Waals surface area contributed by atoms with Crippen LogP contribution in [-0.4, -0.2) is 16.3 Å². The zero-order valence-electron chi connectivity index (χ0n) is 11.5.